The van der Waals surface area contributed by atoms with Crippen molar-refractivity contribution in [2.75, 3.05) is 6.54 Å². The number of rotatable bonds is 4. The SMILES string of the molecule is CC(C)(CCN)C(=O)c1ccc(F)c(Cl)c1. The Bertz CT molecular complexity index is 404. The number of carbonyl (C=O) groups excluding carboxylic acids is 1. The predicted octanol–water partition coefficient (Wildman–Crippen LogP) is 3.04. The summed E-state index contributed by atoms with van der Waals surface area (Å²) in [7, 11) is 0. The molecule has 0 atom stereocenters. The van der Waals surface area contributed by atoms with E-state index < -0.39 is 11.2 Å². The van der Waals surface area contributed by atoms with Crippen LogP contribution >= 0.6 is 11.6 Å². The van der Waals surface area contributed by atoms with E-state index in [2.05, 4.69) is 0 Å². The van der Waals surface area contributed by atoms with E-state index in [0.717, 1.165) is 0 Å². The van der Waals surface area contributed by atoms with Crippen LogP contribution in [0.3, 0.4) is 0 Å². The third kappa shape index (κ3) is 2.80. The van der Waals surface area contributed by atoms with Crippen molar-refractivity contribution >= 4 is 17.4 Å². The molecule has 0 radical (unpaired) electrons. The predicted molar refractivity (Wildman–Crippen MR) is 63.2 cm³/mol. The molecule has 88 valence electrons. The van der Waals surface area contributed by atoms with E-state index in [0.29, 0.717) is 18.5 Å². The highest BCUT2D eigenvalue weighted by Gasteiger charge is 2.27. The van der Waals surface area contributed by atoms with E-state index in [1.807, 2.05) is 13.8 Å². The van der Waals surface area contributed by atoms with Gasteiger partial charge >= 0.3 is 0 Å². The summed E-state index contributed by atoms with van der Waals surface area (Å²) in [5.74, 6) is -0.588. The molecule has 0 saturated heterocycles. The van der Waals surface area contributed by atoms with Gasteiger partial charge in [0.25, 0.3) is 0 Å². The summed E-state index contributed by atoms with van der Waals surface area (Å²) >= 11 is 5.63. The Hall–Kier alpha value is -0.930. The van der Waals surface area contributed by atoms with Crippen molar-refractivity contribution in [2.24, 2.45) is 11.1 Å². The van der Waals surface area contributed by atoms with Gasteiger partial charge < -0.3 is 5.73 Å². The van der Waals surface area contributed by atoms with Crippen molar-refractivity contribution in [1.82, 2.24) is 0 Å². The molecule has 16 heavy (non-hydrogen) atoms. The van der Waals surface area contributed by atoms with Gasteiger partial charge in [-0.05, 0) is 31.2 Å². The summed E-state index contributed by atoms with van der Waals surface area (Å²) in [5.41, 5.74) is 5.32. The summed E-state index contributed by atoms with van der Waals surface area (Å²) in [6, 6.07) is 4.01. The fourth-order valence-corrected chi connectivity index (χ4v) is 1.68. The molecule has 2 nitrogen and oxygen atoms in total. The molecule has 0 unspecified atom stereocenters. The fraction of sp³-hybridized carbons (Fsp3) is 0.417. The second-order valence-corrected chi connectivity index (χ2v) is 4.79. The average Bonchev–Trinajstić information content (AvgIpc) is 2.21. The number of ketones is 1. The first-order valence-corrected chi connectivity index (χ1v) is 5.46. The molecular formula is C12H15ClFNO. The smallest absolute Gasteiger partial charge is 0.168 e. The molecule has 2 N–H and O–H groups in total. The zero-order valence-corrected chi connectivity index (χ0v) is 10.1. The van der Waals surface area contributed by atoms with Crippen LogP contribution < -0.4 is 5.73 Å². The van der Waals surface area contributed by atoms with Crippen molar-refractivity contribution in [3.05, 3.63) is 34.6 Å². The number of carbonyl (C=O) groups is 1. The van der Waals surface area contributed by atoms with Gasteiger partial charge in [0.05, 0.1) is 5.02 Å². The van der Waals surface area contributed by atoms with Crippen LogP contribution in [0.4, 0.5) is 4.39 Å². The van der Waals surface area contributed by atoms with Crippen LogP contribution in [-0.4, -0.2) is 12.3 Å². The lowest BCUT2D eigenvalue weighted by atomic mass is 9.81. The number of Topliss-reactive ketones (excluding diaryl/α,β-unsaturated/α-hetero) is 1. The summed E-state index contributed by atoms with van der Waals surface area (Å²) in [6.07, 6.45) is 0.584. The van der Waals surface area contributed by atoms with Crippen molar-refractivity contribution in [3.63, 3.8) is 0 Å². The Morgan fingerprint density at radius 1 is 1.50 bits per heavy atom. The second kappa shape index (κ2) is 4.93. The topological polar surface area (TPSA) is 43.1 Å². The van der Waals surface area contributed by atoms with Crippen LogP contribution in [0.2, 0.25) is 5.02 Å². The zero-order valence-electron chi connectivity index (χ0n) is 9.39. The van der Waals surface area contributed by atoms with E-state index in [4.69, 9.17) is 17.3 Å². The van der Waals surface area contributed by atoms with Gasteiger partial charge in [0.15, 0.2) is 5.78 Å². The maximum atomic E-state index is 12.9. The van der Waals surface area contributed by atoms with Crippen LogP contribution in [0.5, 0.6) is 0 Å². The average molecular weight is 244 g/mol. The number of halogens is 2. The fourth-order valence-electron chi connectivity index (χ4n) is 1.50. The molecule has 4 heteroatoms. The molecule has 1 rings (SSSR count). The van der Waals surface area contributed by atoms with Crippen LogP contribution in [-0.2, 0) is 0 Å². The molecular weight excluding hydrogens is 229 g/mol. The second-order valence-electron chi connectivity index (χ2n) is 4.38. The molecule has 1 aromatic carbocycles. The van der Waals surface area contributed by atoms with Crippen LogP contribution in [0.15, 0.2) is 18.2 Å². The summed E-state index contributed by atoms with van der Waals surface area (Å²) in [6.45, 7) is 4.08. The largest absolute Gasteiger partial charge is 0.330 e. The van der Waals surface area contributed by atoms with Crippen LogP contribution in [0, 0.1) is 11.2 Å². The Morgan fingerprint density at radius 2 is 2.12 bits per heavy atom. The third-order valence-electron chi connectivity index (χ3n) is 2.57. The lowest BCUT2D eigenvalue weighted by Gasteiger charge is -2.22. The lowest BCUT2D eigenvalue weighted by molar-refractivity contribution is 0.0829. The number of hydrogen-bond donors (Lipinski definition) is 1. The molecule has 0 amide bonds. The molecule has 0 bridgehead atoms. The van der Waals surface area contributed by atoms with Crippen molar-refractivity contribution in [2.45, 2.75) is 20.3 Å². The van der Waals surface area contributed by atoms with Gasteiger partial charge in [-0.2, -0.15) is 0 Å². The monoisotopic (exact) mass is 243 g/mol. The highest BCUT2D eigenvalue weighted by Crippen LogP contribution is 2.27. The van der Waals surface area contributed by atoms with Crippen molar-refractivity contribution < 1.29 is 9.18 Å². The highest BCUT2D eigenvalue weighted by molar-refractivity contribution is 6.31. The first-order chi connectivity index (χ1) is 7.38. The quantitative estimate of drug-likeness (QED) is 0.826. The third-order valence-corrected chi connectivity index (χ3v) is 2.86. The number of benzene rings is 1. The maximum Gasteiger partial charge on any atom is 0.168 e. The lowest BCUT2D eigenvalue weighted by Crippen LogP contribution is -2.27. The molecule has 1 aromatic rings. The minimum Gasteiger partial charge on any atom is -0.330 e. The Labute approximate surface area is 99.6 Å². The van der Waals surface area contributed by atoms with E-state index in [-0.39, 0.29) is 10.8 Å². The van der Waals surface area contributed by atoms with Gasteiger partial charge in [-0.3, -0.25) is 4.79 Å². The van der Waals surface area contributed by atoms with E-state index in [9.17, 15) is 9.18 Å². The van der Waals surface area contributed by atoms with E-state index in [1.54, 1.807) is 0 Å². The van der Waals surface area contributed by atoms with Crippen molar-refractivity contribution in [3.8, 4) is 0 Å². The summed E-state index contributed by atoms with van der Waals surface area (Å²) in [4.78, 5) is 12.1. The van der Waals surface area contributed by atoms with E-state index >= 15 is 0 Å². The van der Waals surface area contributed by atoms with Gasteiger partial charge in [0.1, 0.15) is 5.82 Å². The molecule has 0 aromatic heterocycles. The molecule has 0 spiro atoms. The normalized spacial score (nSPS) is 11.6. The van der Waals surface area contributed by atoms with Crippen molar-refractivity contribution in [1.29, 1.82) is 0 Å². The van der Waals surface area contributed by atoms with E-state index in [1.165, 1.54) is 18.2 Å². The van der Waals surface area contributed by atoms with Gasteiger partial charge in [0, 0.05) is 11.0 Å². The molecule has 0 aliphatic heterocycles. The van der Waals surface area contributed by atoms with Crippen LogP contribution in [0.25, 0.3) is 0 Å². The first-order valence-electron chi connectivity index (χ1n) is 5.08. The highest BCUT2D eigenvalue weighted by atomic mass is 35.5. The maximum absolute atomic E-state index is 12.9. The zero-order chi connectivity index (χ0) is 12.3. The van der Waals surface area contributed by atoms with Crippen LogP contribution in [0.1, 0.15) is 30.6 Å². The minimum atomic E-state index is -0.546. The Morgan fingerprint density at radius 3 is 2.62 bits per heavy atom. The minimum absolute atomic E-state index is 0.0330. The molecule has 0 heterocycles. The molecule has 0 saturated carbocycles. The molecule has 0 fully saturated rings. The summed E-state index contributed by atoms with van der Waals surface area (Å²) in [5, 5.41) is -0.0330. The molecule has 0 aliphatic rings. The number of nitrogens with two attached hydrogens (primary N) is 1. The Balaban J connectivity index is 3.01. The van der Waals surface area contributed by atoms with Gasteiger partial charge in [-0.1, -0.05) is 25.4 Å². The standard InChI is InChI=1S/C12H15ClFNO/c1-12(2,5-6-15)11(16)8-3-4-10(14)9(13)7-8/h3-4,7H,5-6,15H2,1-2H3. The first kappa shape index (κ1) is 13.1. The number of hydrogen-bond acceptors (Lipinski definition) is 2. The summed E-state index contributed by atoms with van der Waals surface area (Å²) < 4.78 is 12.9. The Kier molecular flexibility index (Phi) is 4.05. The molecule has 0 aliphatic carbocycles. The van der Waals surface area contributed by atoms with Gasteiger partial charge in [-0.15, -0.1) is 0 Å². The van der Waals surface area contributed by atoms with Gasteiger partial charge in [-0.25, -0.2) is 4.39 Å². The van der Waals surface area contributed by atoms with Gasteiger partial charge in [0.2, 0.25) is 0 Å².